The van der Waals surface area contributed by atoms with E-state index in [1.807, 2.05) is 0 Å². The smallest absolute Gasteiger partial charge is 0.262 e. The van der Waals surface area contributed by atoms with Gasteiger partial charge >= 0.3 is 0 Å². The Balaban J connectivity index is 2.14. The van der Waals surface area contributed by atoms with E-state index in [0.717, 1.165) is 0 Å². The van der Waals surface area contributed by atoms with Gasteiger partial charge in [-0.2, -0.15) is 0 Å². The predicted octanol–water partition coefficient (Wildman–Crippen LogP) is 3.41. The number of benzene rings is 2. The lowest BCUT2D eigenvalue weighted by Crippen LogP contribution is -2.23. The molecule has 0 fully saturated rings. The summed E-state index contributed by atoms with van der Waals surface area (Å²) in [6.07, 6.45) is 0. The van der Waals surface area contributed by atoms with Gasteiger partial charge in [0.2, 0.25) is 5.82 Å². The molecule has 0 atom stereocenters. The van der Waals surface area contributed by atoms with E-state index < -0.39 is 47.3 Å². The van der Waals surface area contributed by atoms with Crippen molar-refractivity contribution >= 4 is 11.6 Å². The second kappa shape index (κ2) is 7.16. The standard InChI is InChI=1S/C15H10F5NO3/c1-23-7-4-2-3-5-8(7)24-6-9(22)21-15-13(19)11(17)10(16)12(18)14(15)20/h2-5H,6H2,1H3,(H,21,22). The Labute approximate surface area is 132 Å². The van der Waals surface area contributed by atoms with Crippen molar-refractivity contribution < 1.29 is 36.2 Å². The van der Waals surface area contributed by atoms with Crippen molar-refractivity contribution in [2.75, 3.05) is 19.0 Å². The molecule has 0 aliphatic rings. The van der Waals surface area contributed by atoms with Crippen molar-refractivity contribution in [2.45, 2.75) is 0 Å². The molecule has 0 saturated heterocycles. The molecule has 0 unspecified atom stereocenters. The van der Waals surface area contributed by atoms with E-state index in [-0.39, 0.29) is 5.75 Å². The quantitative estimate of drug-likeness (QED) is 0.512. The van der Waals surface area contributed by atoms with E-state index in [9.17, 15) is 26.7 Å². The average Bonchev–Trinajstić information content (AvgIpc) is 2.60. The topological polar surface area (TPSA) is 47.6 Å². The first kappa shape index (κ1) is 17.5. The summed E-state index contributed by atoms with van der Waals surface area (Å²) < 4.78 is 75.9. The first-order valence-corrected chi connectivity index (χ1v) is 6.44. The summed E-state index contributed by atoms with van der Waals surface area (Å²) in [5, 5.41) is 1.59. The number of anilines is 1. The molecule has 0 spiro atoms. The Morgan fingerprint density at radius 1 is 0.917 bits per heavy atom. The zero-order valence-corrected chi connectivity index (χ0v) is 12.1. The molecule has 0 aliphatic heterocycles. The van der Waals surface area contributed by atoms with Crippen molar-refractivity contribution in [2.24, 2.45) is 0 Å². The van der Waals surface area contributed by atoms with Gasteiger partial charge in [-0.1, -0.05) is 12.1 Å². The summed E-state index contributed by atoms with van der Waals surface area (Å²) in [6, 6.07) is 6.22. The Kier molecular flexibility index (Phi) is 5.22. The predicted molar refractivity (Wildman–Crippen MR) is 73.4 cm³/mol. The second-order valence-corrected chi connectivity index (χ2v) is 4.43. The van der Waals surface area contributed by atoms with Gasteiger partial charge in [0.15, 0.2) is 41.4 Å². The highest BCUT2D eigenvalue weighted by Crippen LogP contribution is 2.28. The highest BCUT2D eigenvalue weighted by molar-refractivity contribution is 5.92. The minimum atomic E-state index is -2.31. The zero-order chi connectivity index (χ0) is 17.9. The first-order valence-electron chi connectivity index (χ1n) is 6.44. The molecule has 0 heterocycles. The van der Waals surface area contributed by atoms with Gasteiger partial charge in [0.05, 0.1) is 7.11 Å². The summed E-state index contributed by atoms with van der Waals surface area (Å²) in [5.74, 6) is -11.6. The third kappa shape index (κ3) is 3.39. The molecule has 4 nitrogen and oxygen atoms in total. The van der Waals surface area contributed by atoms with Gasteiger partial charge in [0.1, 0.15) is 5.69 Å². The van der Waals surface area contributed by atoms with Crippen LogP contribution in [-0.2, 0) is 4.79 Å². The van der Waals surface area contributed by atoms with E-state index in [4.69, 9.17) is 9.47 Å². The fourth-order valence-electron chi connectivity index (χ4n) is 1.77. The maximum Gasteiger partial charge on any atom is 0.262 e. The van der Waals surface area contributed by atoms with Crippen LogP contribution in [0.4, 0.5) is 27.6 Å². The third-order valence-corrected chi connectivity index (χ3v) is 2.90. The molecule has 0 bridgehead atoms. The summed E-state index contributed by atoms with van der Waals surface area (Å²) in [5.41, 5.74) is -1.44. The van der Waals surface area contributed by atoms with Crippen molar-refractivity contribution in [3.8, 4) is 11.5 Å². The van der Waals surface area contributed by atoms with E-state index >= 15 is 0 Å². The third-order valence-electron chi connectivity index (χ3n) is 2.90. The molecular formula is C15H10F5NO3. The number of hydrogen-bond acceptors (Lipinski definition) is 3. The molecule has 2 aromatic carbocycles. The summed E-state index contributed by atoms with van der Waals surface area (Å²) >= 11 is 0. The average molecular weight is 347 g/mol. The SMILES string of the molecule is COc1ccccc1OCC(=O)Nc1c(F)c(F)c(F)c(F)c1F. The molecule has 0 saturated carbocycles. The fraction of sp³-hybridized carbons (Fsp3) is 0.133. The molecule has 9 heteroatoms. The number of methoxy groups -OCH3 is 1. The fourth-order valence-corrected chi connectivity index (χ4v) is 1.77. The molecule has 128 valence electrons. The summed E-state index contributed by atoms with van der Waals surface area (Å²) in [6.45, 7) is -0.736. The number of nitrogens with one attached hydrogen (secondary N) is 1. The maximum atomic E-state index is 13.4. The highest BCUT2D eigenvalue weighted by atomic mass is 19.2. The molecule has 0 aromatic heterocycles. The monoisotopic (exact) mass is 347 g/mol. The van der Waals surface area contributed by atoms with Crippen LogP contribution < -0.4 is 14.8 Å². The lowest BCUT2D eigenvalue weighted by atomic mass is 10.2. The minimum Gasteiger partial charge on any atom is -0.493 e. The molecule has 24 heavy (non-hydrogen) atoms. The number of amides is 1. The van der Waals surface area contributed by atoms with E-state index in [1.165, 1.54) is 19.2 Å². The number of para-hydroxylation sites is 2. The molecule has 2 rings (SSSR count). The molecule has 1 N–H and O–H groups in total. The van der Waals surface area contributed by atoms with Crippen LogP contribution in [-0.4, -0.2) is 19.6 Å². The minimum absolute atomic E-state index is 0.160. The Hall–Kier alpha value is -2.84. The Morgan fingerprint density at radius 2 is 1.42 bits per heavy atom. The van der Waals surface area contributed by atoms with Crippen LogP contribution in [0.3, 0.4) is 0 Å². The number of carbonyl (C=O) groups is 1. The van der Waals surface area contributed by atoms with E-state index in [1.54, 1.807) is 17.4 Å². The van der Waals surface area contributed by atoms with Crippen molar-refractivity contribution in [1.29, 1.82) is 0 Å². The molecule has 0 radical (unpaired) electrons. The second-order valence-electron chi connectivity index (χ2n) is 4.43. The van der Waals surface area contributed by atoms with Crippen molar-refractivity contribution in [3.63, 3.8) is 0 Å². The van der Waals surface area contributed by atoms with Gasteiger partial charge in [-0.25, -0.2) is 22.0 Å². The zero-order valence-electron chi connectivity index (χ0n) is 12.1. The number of rotatable bonds is 5. The normalized spacial score (nSPS) is 10.4. The van der Waals surface area contributed by atoms with Crippen LogP contribution in [0.5, 0.6) is 11.5 Å². The highest BCUT2D eigenvalue weighted by Gasteiger charge is 2.26. The maximum absolute atomic E-state index is 13.4. The molecular weight excluding hydrogens is 337 g/mol. The van der Waals surface area contributed by atoms with Crippen molar-refractivity contribution in [1.82, 2.24) is 0 Å². The van der Waals surface area contributed by atoms with Gasteiger partial charge in [-0.15, -0.1) is 0 Å². The number of hydrogen-bond donors (Lipinski definition) is 1. The summed E-state index contributed by atoms with van der Waals surface area (Å²) in [4.78, 5) is 11.6. The molecule has 0 aliphatic carbocycles. The Morgan fingerprint density at radius 3 is 1.96 bits per heavy atom. The van der Waals surface area contributed by atoms with Crippen LogP contribution in [0.25, 0.3) is 0 Å². The largest absolute Gasteiger partial charge is 0.493 e. The molecule has 2 aromatic rings. The van der Waals surface area contributed by atoms with E-state index in [2.05, 4.69) is 0 Å². The van der Waals surface area contributed by atoms with Gasteiger partial charge in [0.25, 0.3) is 5.91 Å². The van der Waals surface area contributed by atoms with E-state index in [0.29, 0.717) is 5.75 Å². The van der Waals surface area contributed by atoms with Gasteiger partial charge < -0.3 is 14.8 Å². The summed E-state index contributed by atoms with van der Waals surface area (Å²) in [7, 11) is 1.36. The lowest BCUT2D eigenvalue weighted by molar-refractivity contribution is -0.118. The van der Waals surface area contributed by atoms with Crippen LogP contribution in [0.1, 0.15) is 0 Å². The van der Waals surface area contributed by atoms with Crippen molar-refractivity contribution in [3.05, 3.63) is 53.4 Å². The van der Waals surface area contributed by atoms with Gasteiger partial charge in [0, 0.05) is 0 Å². The van der Waals surface area contributed by atoms with Crippen LogP contribution in [0, 0.1) is 29.1 Å². The molecule has 1 amide bonds. The van der Waals surface area contributed by atoms with Crippen LogP contribution >= 0.6 is 0 Å². The van der Waals surface area contributed by atoms with Crippen LogP contribution in [0.2, 0.25) is 0 Å². The first-order chi connectivity index (χ1) is 11.4. The Bertz CT molecular complexity index is 753. The van der Waals surface area contributed by atoms with Gasteiger partial charge in [-0.05, 0) is 12.1 Å². The number of carbonyl (C=O) groups excluding carboxylic acids is 1. The van der Waals surface area contributed by atoms with Crippen LogP contribution in [0.15, 0.2) is 24.3 Å². The lowest BCUT2D eigenvalue weighted by Gasteiger charge is -2.12. The van der Waals surface area contributed by atoms with Gasteiger partial charge in [-0.3, -0.25) is 4.79 Å². The number of halogens is 5. The number of ether oxygens (including phenoxy) is 2.